The molecule has 2 rings (SSSR count). The summed E-state index contributed by atoms with van der Waals surface area (Å²) in [7, 11) is 1.51. The first-order valence-electron chi connectivity index (χ1n) is 6.13. The van der Waals surface area contributed by atoms with Crippen LogP contribution in [0, 0.1) is 6.92 Å². The molecule has 1 unspecified atom stereocenters. The van der Waals surface area contributed by atoms with Gasteiger partial charge in [0.2, 0.25) is 0 Å². The van der Waals surface area contributed by atoms with Gasteiger partial charge >= 0.3 is 0 Å². The first kappa shape index (κ1) is 14.7. The minimum absolute atomic E-state index is 0.243. The number of rotatable bonds is 4. The van der Waals surface area contributed by atoms with Gasteiger partial charge in [-0.05, 0) is 40.5 Å². The van der Waals surface area contributed by atoms with Crippen molar-refractivity contribution in [3.05, 3.63) is 58.2 Å². The van der Waals surface area contributed by atoms with Gasteiger partial charge in [-0.25, -0.2) is 4.98 Å². The summed E-state index contributed by atoms with van der Waals surface area (Å²) >= 11 is 3.37. The summed E-state index contributed by atoms with van der Waals surface area (Å²) in [6.45, 7) is 1.87. The predicted molar refractivity (Wildman–Crippen MR) is 81.5 cm³/mol. The minimum Gasteiger partial charge on any atom is -0.367 e. The van der Waals surface area contributed by atoms with E-state index in [-0.39, 0.29) is 5.91 Å². The second-order valence-electron chi connectivity index (χ2n) is 4.28. The van der Waals surface area contributed by atoms with Crippen molar-refractivity contribution >= 4 is 27.7 Å². The average molecular weight is 335 g/mol. The van der Waals surface area contributed by atoms with E-state index in [0.717, 1.165) is 15.7 Å². The van der Waals surface area contributed by atoms with E-state index < -0.39 is 6.10 Å². The minimum atomic E-state index is -0.651. The standard InChI is InChI=1S/C15H15BrN2O2/c1-10-12(16)8-9-13(17-10)18-15(19)14(20-2)11-6-4-3-5-7-11/h3-9,14H,1-2H3,(H,17,18,19). The van der Waals surface area contributed by atoms with Crippen molar-refractivity contribution in [1.29, 1.82) is 0 Å². The number of ether oxygens (including phenoxy) is 1. The van der Waals surface area contributed by atoms with Crippen molar-refractivity contribution in [1.82, 2.24) is 4.98 Å². The summed E-state index contributed by atoms with van der Waals surface area (Å²) in [5, 5.41) is 2.76. The number of anilines is 1. The zero-order valence-corrected chi connectivity index (χ0v) is 12.8. The molecule has 0 saturated carbocycles. The number of hydrogen-bond acceptors (Lipinski definition) is 3. The van der Waals surface area contributed by atoms with Gasteiger partial charge in [-0.15, -0.1) is 0 Å². The fraction of sp³-hybridized carbons (Fsp3) is 0.200. The summed E-state index contributed by atoms with van der Waals surface area (Å²) < 4.78 is 6.18. The fourth-order valence-corrected chi connectivity index (χ4v) is 2.05. The second-order valence-corrected chi connectivity index (χ2v) is 5.13. The largest absolute Gasteiger partial charge is 0.367 e. The van der Waals surface area contributed by atoms with Crippen LogP contribution in [0.4, 0.5) is 5.82 Å². The van der Waals surface area contributed by atoms with Crippen LogP contribution in [0.5, 0.6) is 0 Å². The fourth-order valence-electron chi connectivity index (χ4n) is 1.83. The number of amides is 1. The topological polar surface area (TPSA) is 51.2 Å². The van der Waals surface area contributed by atoms with Crippen LogP contribution in [0.25, 0.3) is 0 Å². The van der Waals surface area contributed by atoms with Crippen LogP contribution >= 0.6 is 15.9 Å². The Hall–Kier alpha value is -1.72. The number of pyridine rings is 1. The molecule has 104 valence electrons. The van der Waals surface area contributed by atoms with Gasteiger partial charge in [-0.1, -0.05) is 30.3 Å². The zero-order chi connectivity index (χ0) is 14.5. The number of carbonyl (C=O) groups excluding carboxylic acids is 1. The number of aromatic nitrogens is 1. The summed E-state index contributed by atoms with van der Waals surface area (Å²) in [4.78, 5) is 16.5. The Morgan fingerprint density at radius 2 is 1.95 bits per heavy atom. The Morgan fingerprint density at radius 1 is 1.25 bits per heavy atom. The Balaban J connectivity index is 2.15. The molecule has 0 spiro atoms. The van der Waals surface area contributed by atoms with E-state index in [4.69, 9.17) is 4.74 Å². The van der Waals surface area contributed by atoms with Gasteiger partial charge in [-0.2, -0.15) is 0 Å². The average Bonchev–Trinajstić information content (AvgIpc) is 2.45. The Kier molecular flexibility index (Phi) is 4.87. The van der Waals surface area contributed by atoms with E-state index in [2.05, 4.69) is 26.2 Å². The van der Waals surface area contributed by atoms with E-state index in [1.807, 2.05) is 43.3 Å². The number of carbonyl (C=O) groups is 1. The third-order valence-corrected chi connectivity index (χ3v) is 3.69. The molecule has 1 aromatic carbocycles. The number of nitrogens with zero attached hydrogens (tertiary/aromatic N) is 1. The summed E-state index contributed by atoms with van der Waals surface area (Å²) in [6.07, 6.45) is -0.651. The molecule has 4 nitrogen and oxygen atoms in total. The van der Waals surface area contributed by atoms with E-state index in [9.17, 15) is 4.79 Å². The maximum absolute atomic E-state index is 12.3. The number of nitrogens with one attached hydrogen (secondary N) is 1. The zero-order valence-electron chi connectivity index (χ0n) is 11.3. The molecule has 20 heavy (non-hydrogen) atoms. The van der Waals surface area contributed by atoms with Crippen LogP contribution < -0.4 is 5.32 Å². The third kappa shape index (κ3) is 3.43. The summed E-state index contributed by atoms with van der Waals surface area (Å²) in [5.41, 5.74) is 1.62. The maximum atomic E-state index is 12.3. The van der Waals surface area contributed by atoms with Crippen LogP contribution in [0.1, 0.15) is 17.4 Å². The van der Waals surface area contributed by atoms with E-state index in [0.29, 0.717) is 5.82 Å². The Labute approximate surface area is 126 Å². The van der Waals surface area contributed by atoms with Crippen LogP contribution in [0.3, 0.4) is 0 Å². The highest BCUT2D eigenvalue weighted by molar-refractivity contribution is 9.10. The van der Waals surface area contributed by atoms with Gasteiger partial charge in [0, 0.05) is 11.6 Å². The summed E-state index contributed by atoms with van der Waals surface area (Å²) in [5.74, 6) is 0.265. The van der Waals surface area contributed by atoms with Crippen molar-refractivity contribution in [2.45, 2.75) is 13.0 Å². The van der Waals surface area contributed by atoms with Crippen LogP contribution in [-0.2, 0) is 9.53 Å². The van der Waals surface area contributed by atoms with Crippen molar-refractivity contribution in [3.8, 4) is 0 Å². The normalized spacial score (nSPS) is 11.9. The van der Waals surface area contributed by atoms with Gasteiger partial charge in [0.1, 0.15) is 5.82 Å². The van der Waals surface area contributed by atoms with E-state index in [1.165, 1.54) is 7.11 Å². The molecule has 1 atom stereocenters. The predicted octanol–water partition coefficient (Wildman–Crippen LogP) is 3.48. The number of methoxy groups -OCH3 is 1. The van der Waals surface area contributed by atoms with Crippen LogP contribution in [0.15, 0.2) is 46.9 Å². The lowest BCUT2D eigenvalue weighted by Crippen LogP contribution is -2.23. The van der Waals surface area contributed by atoms with Crippen molar-refractivity contribution < 1.29 is 9.53 Å². The SMILES string of the molecule is COC(C(=O)Nc1ccc(Br)c(C)n1)c1ccccc1. The number of aryl methyl sites for hydroxylation is 1. The molecule has 0 aliphatic heterocycles. The van der Waals surface area contributed by atoms with Gasteiger partial charge in [0.05, 0.1) is 5.69 Å². The van der Waals surface area contributed by atoms with Crippen molar-refractivity contribution in [2.75, 3.05) is 12.4 Å². The molecule has 1 heterocycles. The highest BCUT2D eigenvalue weighted by Gasteiger charge is 2.20. The van der Waals surface area contributed by atoms with Crippen molar-refractivity contribution in [2.24, 2.45) is 0 Å². The third-order valence-electron chi connectivity index (χ3n) is 2.85. The maximum Gasteiger partial charge on any atom is 0.259 e. The second kappa shape index (κ2) is 6.63. The molecule has 5 heteroatoms. The monoisotopic (exact) mass is 334 g/mol. The molecule has 0 fully saturated rings. The van der Waals surface area contributed by atoms with Crippen LogP contribution in [0.2, 0.25) is 0 Å². The van der Waals surface area contributed by atoms with Gasteiger partial charge in [-0.3, -0.25) is 4.79 Å². The van der Waals surface area contributed by atoms with Crippen LogP contribution in [-0.4, -0.2) is 18.0 Å². The lowest BCUT2D eigenvalue weighted by Gasteiger charge is -2.15. The summed E-state index contributed by atoms with van der Waals surface area (Å²) in [6, 6.07) is 12.9. The number of halogens is 1. The molecule has 0 bridgehead atoms. The molecule has 0 aliphatic rings. The molecular weight excluding hydrogens is 320 g/mol. The molecule has 1 aromatic heterocycles. The molecule has 0 saturated heterocycles. The Bertz CT molecular complexity index is 602. The van der Waals surface area contributed by atoms with Gasteiger partial charge < -0.3 is 10.1 Å². The number of hydrogen-bond donors (Lipinski definition) is 1. The molecule has 1 amide bonds. The molecule has 0 aliphatic carbocycles. The highest BCUT2D eigenvalue weighted by atomic mass is 79.9. The Morgan fingerprint density at radius 3 is 2.55 bits per heavy atom. The molecular formula is C15H15BrN2O2. The highest BCUT2D eigenvalue weighted by Crippen LogP contribution is 2.20. The lowest BCUT2D eigenvalue weighted by molar-refractivity contribution is -0.126. The van der Waals surface area contributed by atoms with Crippen molar-refractivity contribution in [3.63, 3.8) is 0 Å². The van der Waals surface area contributed by atoms with E-state index >= 15 is 0 Å². The first-order chi connectivity index (χ1) is 9.61. The first-order valence-corrected chi connectivity index (χ1v) is 6.93. The molecule has 0 radical (unpaired) electrons. The van der Waals surface area contributed by atoms with Gasteiger partial charge in [0.15, 0.2) is 6.10 Å². The van der Waals surface area contributed by atoms with E-state index in [1.54, 1.807) is 6.07 Å². The quantitative estimate of drug-likeness (QED) is 0.931. The molecule has 2 aromatic rings. The molecule has 1 N–H and O–H groups in total. The van der Waals surface area contributed by atoms with Gasteiger partial charge in [0.25, 0.3) is 5.91 Å². The smallest absolute Gasteiger partial charge is 0.259 e. The number of benzene rings is 1. The lowest BCUT2D eigenvalue weighted by atomic mass is 10.1.